The van der Waals surface area contributed by atoms with E-state index in [1.54, 1.807) is 0 Å². The van der Waals surface area contributed by atoms with Crippen molar-refractivity contribution in [1.82, 2.24) is 0 Å². The highest BCUT2D eigenvalue weighted by Crippen LogP contribution is 2.28. The number of unbranched alkanes of at least 4 members (excludes halogenated alkanes) is 2. The number of benzene rings is 1. The maximum atomic E-state index is 12.4. The van der Waals surface area contributed by atoms with Crippen LogP contribution in [-0.4, -0.2) is 24.7 Å². The Morgan fingerprint density at radius 3 is 2.43 bits per heavy atom. The zero-order valence-electron chi connectivity index (χ0n) is 14.9. The third-order valence-electron chi connectivity index (χ3n) is 5.04. The molecule has 0 aliphatic carbocycles. The molecule has 128 valence electrons. The second-order valence-electron chi connectivity index (χ2n) is 7.29. The molecule has 0 unspecified atom stereocenters. The van der Waals surface area contributed by atoms with Crippen LogP contribution in [0.4, 0.5) is 0 Å². The summed E-state index contributed by atoms with van der Waals surface area (Å²) in [4.78, 5) is 12.4. The summed E-state index contributed by atoms with van der Waals surface area (Å²) in [5, 5.41) is 2.34. The van der Waals surface area contributed by atoms with Crippen LogP contribution in [0.25, 0.3) is 0 Å². The monoisotopic (exact) mass is 318 g/mol. The zero-order chi connectivity index (χ0) is 16.7. The first-order valence-electron chi connectivity index (χ1n) is 9.17. The Bertz CT molecular complexity index is 487. The molecule has 3 nitrogen and oxygen atoms in total. The number of rotatable bonds is 7. The number of hydrogen-bond acceptors (Lipinski definition) is 2. The van der Waals surface area contributed by atoms with E-state index >= 15 is 0 Å². The lowest BCUT2D eigenvalue weighted by molar-refractivity contribution is -0.665. The first kappa shape index (κ1) is 18.0. The topological polar surface area (TPSA) is 42.9 Å². The van der Waals surface area contributed by atoms with Crippen LogP contribution < -0.4 is 5.32 Å². The van der Waals surface area contributed by atoms with Crippen LogP contribution in [0.5, 0.6) is 0 Å². The summed E-state index contributed by atoms with van der Waals surface area (Å²) < 4.78 is 5.85. The Labute approximate surface area is 140 Å². The minimum Gasteiger partial charge on any atom is -0.456 e. The van der Waals surface area contributed by atoms with E-state index in [1.807, 2.05) is 12.1 Å². The molecular weight excluding hydrogens is 286 g/mol. The van der Waals surface area contributed by atoms with Crippen molar-refractivity contribution in [3.05, 3.63) is 35.4 Å². The number of esters is 1. The predicted octanol–water partition coefficient (Wildman–Crippen LogP) is 3.33. The summed E-state index contributed by atoms with van der Waals surface area (Å²) in [7, 11) is 0. The lowest BCUT2D eigenvalue weighted by atomic mass is 9.83. The standard InChI is InChI=1S/C20H31NO2/c1-4-5-6-7-16-8-10-17(11-9-16)19(22)23-20(2,3)18-12-14-21-15-13-18/h8-11,18,21H,4-7,12-15H2,1-3H3/p+1. The van der Waals surface area contributed by atoms with Gasteiger partial charge >= 0.3 is 5.97 Å². The highest BCUT2D eigenvalue weighted by molar-refractivity contribution is 5.89. The molecule has 1 aliphatic heterocycles. The normalized spacial score (nSPS) is 16.3. The Morgan fingerprint density at radius 1 is 1.17 bits per heavy atom. The van der Waals surface area contributed by atoms with Crippen molar-refractivity contribution < 1.29 is 14.8 Å². The van der Waals surface area contributed by atoms with Gasteiger partial charge in [-0.1, -0.05) is 31.9 Å². The molecule has 0 amide bonds. The van der Waals surface area contributed by atoms with E-state index in [1.165, 1.54) is 24.8 Å². The molecule has 0 aromatic heterocycles. The lowest BCUT2D eigenvalue weighted by Gasteiger charge is -2.35. The number of quaternary nitrogens is 1. The number of carbonyl (C=O) groups excluding carboxylic acids is 1. The number of aryl methyl sites for hydroxylation is 1. The van der Waals surface area contributed by atoms with Gasteiger partial charge in [-0.2, -0.15) is 0 Å². The van der Waals surface area contributed by atoms with Crippen molar-refractivity contribution in [1.29, 1.82) is 0 Å². The Morgan fingerprint density at radius 2 is 1.83 bits per heavy atom. The van der Waals surface area contributed by atoms with Gasteiger partial charge in [0.2, 0.25) is 0 Å². The molecule has 1 fully saturated rings. The Hall–Kier alpha value is -1.35. The molecule has 1 aromatic rings. The summed E-state index contributed by atoms with van der Waals surface area (Å²) in [6, 6.07) is 7.95. The number of nitrogens with two attached hydrogens (primary N) is 1. The molecule has 1 aromatic carbocycles. The first-order chi connectivity index (χ1) is 11.0. The largest absolute Gasteiger partial charge is 0.456 e. The number of hydrogen-bond donors (Lipinski definition) is 1. The SMILES string of the molecule is CCCCCc1ccc(C(=O)OC(C)(C)C2CC[NH2+]CC2)cc1. The van der Waals surface area contributed by atoms with Gasteiger partial charge in [-0.05, 0) is 44.4 Å². The maximum absolute atomic E-state index is 12.4. The average molecular weight is 318 g/mol. The minimum absolute atomic E-state index is 0.190. The third-order valence-corrected chi connectivity index (χ3v) is 5.04. The lowest BCUT2D eigenvalue weighted by Crippen LogP contribution is -2.86. The van der Waals surface area contributed by atoms with Gasteiger partial charge in [0.05, 0.1) is 18.7 Å². The van der Waals surface area contributed by atoms with E-state index in [0.29, 0.717) is 11.5 Å². The smallest absolute Gasteiger partial charge is 0.338 e. The van der Waals surface area contributed by atoms with Crippen LogP contribution in [0.2, 0.25) is 0 Å². The van der Waals surface area contributed by atoms with Crippen LogP contribution in [0, 0.1) is 5.92 Å². The summed E-state index contributed by atoms with van der Waals surface area (Å²) in [5.41, 5.74) is 1.59. The van der Waals surface area contributed by atoms with E-state index in [2.05, 4.69) is 38.2 Å². The average Bonchev–Trinajstić information content (AvgIpc) is 2.56. The van der Waals surface area contributed by atoms with Crippen molar-refractivity contribution >= 4 is 5.97 Å². The van der Waals surface area contributed by atoms with E-state index in [0.717, 1.165) is 32.4 Å². The fraction of sp³-hybridized carbons (Fsp3) is 0.650. The molecule has 0 spiro atoms. The van der Waals surface area contributed by atoms with E-state index in [-0.39, 0.29) is 11.6 Å². The number of ether oxygens (including phenoxy) is 1. The molecule has 0 bridgehead atoms. The van der Waals surface area contributed by atoms with Crippen molar-refractivity contribution in [3.8, 4) is 0 Å². The van der Waals surface area contributed by atoms with E-state index in [4.69, 9.17) is 4.74 Å². The van der Waals surface area contributed by atoms with Gasteiger partial charge in [0.1, 0.15) is 5.60 Å². The van der Waals surface area contributed by atoms with E-state index < -0.39 is 0 Å². The summed E-state index contributed by atoms with van der Waals surface area (Å²) in [6.45, 7) is 8.60. The fourth-order valence-corrected chi connectivity index (χ4v) is 3.39. The molecule has 0 saturated carbocycles. The second-order valence-corrected chi connectivity index (χ2v) is 7.29. The molecule has 1 aliphatic rings. The van der Waals surface area contributed by atoms with Gasteiger partial charge in [-0.15, -0.1) is 0 Å². The Kier molecular flexibility index (Phi) is 6.64. The number of carbonyl (C=O) groups is 1. The molecule has 0 atom stereocenters. The van der Waals surface area contributed by atoms with Crippen molar-refractivity contribution in [2.75, 3.05) is 13.1 Å². The Balaban J connectivity index is 1.91. The molecule has 1 saturated heterocycles. The van der Waals surface area contributed by atoms with Gasteiger partial charge in [-0.3, -0.25) is 0 Å². The highest BCUT2D eigenvalue weighted by Gasteiger charge is 2.35. The molecular formula is C20H32NO2+. The molecule has 3 heteroatoms. The molecule has 23 heavy (non-hydrogen) atoms. The van der Waals surface area contributed by atoms with Crippen LogP contribution in [0.15, 0.2) is 24.3 Å². The molecule has 0 radical (unpaired) electrons. The van der Waals surface area contributed by atoms with Gasteiger partial charge < -0.3 is 10.1 Å². The van der Waals surface area contributed by atoms with Crippen LogP contribution in [0.1, 0.15) is 68.8 Å². The van der Waals surface area contributed by atoms with Crippen LogP contribution in [0.3, 0.4) is 0 Å². The highest BCUT2D eigenvalue weighted by atomic mass is 16.6. The van der Waals surface area contributed by atoms with E-state index in [9.17, 15) is 4.79 Å². The second kappa shape index (κ2) is 8.49. The van der Waals surface area contributed by atoms with Gasteiger partial charge in [0, 0.05) is 18.8 Å². The quantitative estimate of drug-likeness (QED) is 0.619. The molecule has 2 N–H and O–H groups in total. The van der Waals surface area contributed by atoms with Gasteiger partial charge in [0.25, 0.3) is 0 Å². The zero-order valence-corrected chi connectivity index (χ0v) is 14.9. The van der Waals surface area contributed by atoms with Crippen molar-refractivity contribution in [2.45, 2.75) is 64.9 Å². The molecule has 1 heterocycles. The van der Waals surface area contributed by atoms with Crippen LogP contribution in [-0.2, 0) is 11.2 Å². The first-order valence-corrected chi connectivity index (χ1v) is 9.17. The summed E-state index contributed by atoms with van der Waals surface area (Å²) in [5.74, 6) is 0.273. The predicted molar refractivity (Wildman–Crippen MR) is 93.5 cm³/mol. The van der Waals surface area contributed by atoms with Crippen LogP contribution >= 0.6 is 0 Å². The van der Waals surface area contributed by atoms with Gasteiger partial charge in [0.15, 0.2) is 0 Å². The van der Waals surface area contributed by atoms with Crippen molar-refractivity contribution in [2.24, 2.45) is 5.92 Å². The summed E-state index contributed by atoms with van der Waals surface area (Å²) >= 11 is 0. The third kappa shape index (κ3) is 5.35. The number of piperidine rings is 1. The minimum atomic E-state index is -0.384. The maximum Gasteiger partial charge on any atom is 0.338 e. The summed E-state index contributed by atoms with van der Waals surface area (Å²) in [6.07, 6.45) is 7.04. The van der Waals surface area contributed by atoms with Gasteiger partial charge in [-0.25, -0.2) is 4.79 Å². The van der Waals surface area contributed by atoms with Crippen molar-refractivity contribution in [3.63, 3.8) is 0 Å². The fourth-order valence-electron chi connectivity index (χ4n) is 3.39. The molecule has 2 rings (SSSR count).